The molecule has 0 amide bonds. The second-order valence-electron chi connectivity index (χ2n) is 11.6. The van der Waals surface area contributed by atoms with E-state index < -0.39 is 0 Å². The first-order valence-electron chi connectivity index (χ1n) is 16.7. The van der Waals surface area contributed by atoms with Crippen molar-refractivity contribution >= 4 is 11.9 Å². The van der Waals surface area contributed by atoms with Crippen LogP contribution in [0.5, 0.6) is 5.75 Å². The Balaban J connectivity index is 1.60. The van der Waals surface area contributed by atoms with E-state index in [1.54, 1.807) is 0 Å². The number of unbranched alkanes of at least 4 members (excludes halogenated alkanes) is 15. The van der Waals surface area contributed by atoms with E-state index in [2.05, 4.69) is 13.8 Å². The standard InChI is InChI=1S/C37H56O4/c1-4-6-8-10-11-12-13-14-15-16-17-18-20-22-36(38)41-35-29-27-33(28-30-35)32-23-25-34(26-24-32)37(39)40-31(3)21-19-9-7-5-2/h23-31H,4-22H2,1-3H3. The van der Waals surface area contributed by atoms with E-state index in [9.17, 15) is 9.59 Å². The normalized spacial score (nSPS) is 11.8. The zero-order valence-electron chi connectivity index (χ0n) is 26.3. The Morgan fingerprint density at radius 3 is 1.54 bits per heavy atom. The average molecular weight is 565 g/mol. The summed E-state index contributed by atoms with van der Waals surface area (Å²) < 4.78 is 11.1. The number of carbonyl (C=O) groups excluding carboxylic acids is 2. The highest BCUT2D eigenvalue weighted by molar-refractivity contribution is 5.90. The number of esters is 2. The summed E-state index contributed by atoms with van der Waals surface area (Å²) in [5.74, 6) is 0.134. The molecular formula is C37H56O4. The average Bonchev–Trinajstić information content (AvgIpc) is 2.98. The number of hydrogen-bond donors (Lipinski definition) is 0. The van der Waals surface area contributed by atoms with Gasteiger partial charge in [-0.15, -0.1) is 0 Å². The summed E-state index contributed by atoms with van der Waals surface area (Å²) in [6.07, 6.45) is 22.8. The molecule has 0 aliphatic rings. The number of hydrogen-bond acceptors (Lipinski definition) is 4. The van der Waals surface area contributed by atoms with Crippen molar-refractivity contribution in [3.8, 4) is 16.9 Å². The summed E-state index contributed by atoms with van der Waals surface area (Å²) in [7, 11) is 0. The fraction of sp³-hybridized carbons (Fsp3) is 0.622. The molecule has 0 aliphatic carbocycles. The molecule has 0 aliphatic heterocycles. The van der Waals surface area contributed by atoms with Crippen molar-refractivity contribution in [3.05, 3.63) is 54.1 Å². The van der Waals surface area contributed by atoms with Gasteiger partial charge in [0.2, 0.25) is 0 Å². The van der Waals surface area contributed by atoms with Gasteiger partial charge in [0.05, 0.1) is 11.7 Å². The highest BCUT2D eigenvalue weighted by Crippen LogP contribution is 2.24. The van der Waals surface area contributed by atoms with Crippen LogP contribution in [-0.4, -0.2) is 18.0 Å². The third-order valence-electron chi connectivity index (χ3n) is 7.80. The lowest BCUT2D eigenvalue weighted by molar-refractivity contribution is -0.134. The minimum absolute atomic E-state index is 0.0705. The van der Waals surface area contributed by atoms with E-state index in [0.29, 0.717) is 17.7 Å². The molecule has 1 atom stereocenters. The predicted octanol–water partition coefficient (Wildman–Crippen LogP) is 11.3. The maximum Gasteiger partial charge on any atom is 0.338 e. The minimum atomic E-state index is -0.273. The zero-order valence-corrected chi connectivity index (χ0v) is 26.3. The number of benzene rings is 2. The highest BCUT2D eigenvalue weighted by atomic mass is 16.5. The largest absolute Gasteiger partial charge is 0.459 e. The molecule has 0 aromatic heterocycles. The second kappa shape index (κ2) is 22.0. The van der Waals surface area contributed by atoms with Crippen LogP contribution in [0.15, 0.2) is 48.5 Å². The topological polar surface area (TPSA) is 52.6 Å². The Kier molecular flexibility index (Phi) is 18.6. The van der Waals surface area contributed by atoms with Crippen LogP contribution < -0.4 is 4.74 Å². The Morgan fingerprint density at radius 1 is 0.585 bits per heavy atom. The van der Waals surface area contributed by atoms with Crippen molar-refractivity contribution in [2.75, 3.05) is 0 Å². The molecular weight excluding hydrogens is 508 g/mol. The van der Waals surface area contributed by atoms with Crippen LogP contribution in [-0.2, 0) is 9.53 Å². The first-order chi connectivity index (χ1) is 20.0. The lowest BCUT2D eigenvalue weighted by Gasteiger charge is -2.13. The monoisotopic (exact) mass is 564 g/mol. The van der Waals surface area contributed by atoms with E-state index in [1.165, 1.54) is 89.9 Å². The molecule has 41 heavy (non-hydrogen) atoms. The summed E-state index contributed by atoms with van der Waals surface area (Å²) in [6, 6.07) is 15.0. The van der Waals surface area contributed by atoms with Crippen molar-refractivity contribution in [2.45, 2.75) is 149 Å². The molecule has 0 spiro atoms. The summed E-state index contributed by atoms with van der Waals surface area (Å²) >= 11 is 0. The molecule has 2 aromatic carbocycles. The van der Waals surface area contributed by atoms with E-state index in [-0.39, 0.29) is 18.0 Å². The first-order valence-corrected chi connectivity index (χ1v) is 16.7. The van der Waals surface area contributed by atoms with Gasteiger partial charge in [-0.3, -0.25) is 4.79 Å². The lowest BCUT2D eigenvalue weighted by atomic mass is 10.0. The molecule has 4 heteroatoms. The first kappa shape index (κ1) is 34.6. The number of rotatable bonds is 23. The zero-order chi connectivity index (χ0) is 29.5. The Hall–Kier alpha value is -2.62. The summed E-state index contributed by atoms with van der Waals surface area (Å²) in [5, 5.41) is 0. The summed E-state index contributed by atoms with van der Waals surface area (Å²) in [6.45, 7) is 6.42. The highest BCUT2D eigenvalue weighted by Gasteiger charge is 2.12. The van der Waals surface area contributed by atoms with Crippen molar-refractivity contribution < 1.29 is 19.1 Å². The minimum Gasteiger partial charge on any atom is -0.459 e. The van der Waals surface area contributed by atoms with Crippen molar-refractivity contribution in [3.63, 3.8) is 0 Å². The Morgan fingerprint density at radius 2 is 1.02 bits per heavy atom. The Labute approximate surface area is 250 Å². The van der Waals surface area contributed by atoms with E-state index >= 15 is 0 Å². The van der Waals surface area contributed by atoms with Crippen LogP contribution in [0.2, 0.25) is 0 Å². The molecule has 0 heterocycles. The van der Waals surface area contributed by atoms with E-state index in [0.717, 1.165) is 36.8 Å². The molecule has 0 bridgehead atoms. The van der Waals surface area contributed by atoms with Crippen molar-refractivity contribution in [2.24, 2.45) is 0 Å². The van der Waals surface area contributed by atoms with Gasteiger partial charge in [-0.25, -0.2) is 4.79 Å². The predicted molar refractivity (Wildman–Crippen MR) is 171 cm³/mol. The van der Waals surface area contributed by atoms with Gasteiger partial charge < -0.3 is 9.47 Å². The molecule has 0 saturated heterocycles. The Bertz CT molecular complexity index is 948. The molecule has 2 aromatic rings. The molecule has 0 N–H and O–H groups in total. The van der Waals surface area contributed by atoms with Gasteiger partial charge in [-0.05, 0) is 61.6 Å². The van der Waals surface area contributed by atoms with Gasteiger partial charge >= 0.3 is 11.9 Å². The van der Waals surface area contributed by atoms with Crippen LogP contribution >= 0.6 is 0 Å². The van der Waals surface area contributed by atoms with Crippen LogP contribution in [0, 0.1) is 0 Å². The van der Waals surface area contributed by atoms with Gasteiger partial charge in [0.15, 0.2) is 0 Å². The van der Waals surface area contributed by atoms with Crippen LogP contribution in [0.25, 0.3) is 11.1 Å². The molecule has 0 saturated carbocycles. The van der Waals surface area contributed by atoms with Crippen LogP contribution in [0.4, 0.5) is 0 Å². The molecule has 228 valence electrons. The fourth-order valence-corrected chi connectivity index (χ4v) is 5.15. The summed E-state index contributed by atoms with van der Waals surface area (Å²) in [5.41, 5.74) is 2.57. The third-order valence-corrected chi connectivity index (χ3v) is 7.80. The molecule has 0 fully saturated rings. The van der Waals surface area contributed by atoms with Gasteiger partial charge in [-0.2, -0.15) is 0 Å². The van der Waals surface area contributed by atoms with Gasteiger partial charge in [0.25, 0.3) is 0 Å². The molecule has 4 nitrogen and oxygen atoms in total. The quantitative estimate of drug-likeness (QED) is 0.0765. The molecule has 2 rings (SSSR count). The van der Waals surface area contributed by atoms with Crippen molar-refractivity contribution in [1.29, 1.82) is 0 Å². The maximum atomic E-state index is 12.5. The fourth-order valence-electron chi connectivity index (χ4n) is 5.15. The maximum absolute atomic E-state index is 12.5. The third kappa shape index (κ3) is 15.8. The van der Waals surface area contributed by atoms with E-state index in [1.807, 2.05) is 55.5 Å². The SMILES string of the molecule is CCCCCCCCCCCCCCCC(=O)Oc1ccc(-c2ccc(C(=O)OC(C)CCCCCC)cc2)cc1. The molecule has 0 radical (unpaired) electrons. The van der Waals surface area contributed by atoms with Crippen LogP contribution in [0.3, 0.4) is 0 Å². The van der Waals surface area contributed by atoms with E-state index in [4.69, 9.17) is 9.47 Å². The number of ether oxygens (including phenoxy) is 2. The van der Waals surface area contributed by atoms with Gasteiger partial charge in [0, 0.05) is 6.42 Å². The summed E-state index contributed by atoms with van der Waals surface area (Å²) in [4.78, 5) is 24.7. The van der Waals surface area contributed by atoms with Crippen LogP contribution in [0.1, 0.15) is 153 Å². The smallest absolute Gasteiger partial charge is 0.338 e. The lowest BCUT2D eigenvalue weighted by Crippen LogP contribution is -2.15. The van der Waals surface area contributed by atoms with Crippen molar-refractivity contribution in [1.82, 2.24) is 0 Å². The van der Waals surface area contributed by atoms with Gasteiger partial charge in [0.1, 0.15) is 5.75 Å². The van der Waals surface area contributed by atoms with Gasteiger partial charge in [-0.1, -0.05) is 134 Å². The second-order valence-corrected chi connectivity index (χ2v) is 11.6. The molecule has 1 unspecified atom stereocenters. The number of carbonyl (C=O) groups is 2.